The Balaban J connectivity index is 2.02. The summed E-state index contributed by atoms with van der Waals surface area (Å²) < 4.78 is 0. The topological polar surface area (TPSA) is 69.6 Å². The number of benzene rings is 1. The zero-order valence-electron chi connectivity index (χ0n) is 11.1. The summed E-state index contributed by atoms with van der Waals surface area (Å²) in [6.07, 6.45) is 5.90. The molecule has 1 aromatic rings. The summed E-state index contributed by atoms with van der Waals surface area (Å²) in [4.78, 5) is 24.6. The van der Waals surface area contributed by atoms with Crippen LogP contribution >= 0.6 is 0 Å². The van der Waals surface area contributed by atoms with Crippen LogP contribution in [0.25, 0.3) is 0 Å². The molecule has 2 N–H and O–H groups in total. The molecule has 1 aliphatic rings. The molecule has 0 radical (unpaired) electrons. The third-order valence-electron chi connectivity index (χ3n) is 3.30. The quantitative estimate of drug-likeness (QED) is 0.783. The fourth-order valence-corrected chi connectivity index (χ4v) is 2.29. The monoisotopic (exact) mass is 272 g/mol. The minimum Gasteiger partial charge on any atom is -0.478 e. The summed E-state index contributed by atoms with van der Waals surface area (Å²) in [6, 6.07) is 5.16. The van der Waals surface area contributed by atoms with Crippen molar-refractivity contribution in [3.8, 4) is 12.3 Å². The van der Waals surface area contributed by atoms with Gasteiger partial charge in [0.15, 0.2) is 0 Å². The number of nitrogens with one attached hydrogen (secondary N) is 1. The lowest BCUT2D eigenvalue weighted by molar-refractivity contribution is -0.122. The molecule has 5 heteroatoms. The van der Waals surface area contributed by atoms with Crippen LogP contribution in [0.15, 0.2) is 18.2 Å². The number of carboxylic acid groups (broad SMARTS) is 1. The zero-order valence-corrected chi connectivity index (χ0v) is 11.1. The second-order valence-corrected chi connectivity index (χ2v) is 4.73. The largest absolute Gasteiger partial charge is 0.478 e. The number of carbonyl (C=O) groups excluding carboxylic acids is 1. The highest BCUT2D eigenvalue weighted by atomic mass is 16.4. The number of fused-ring (bicyclic) bond motifs is 1. The van der Waals surface area contributed by atoms with E-state index in [-0.39, 0.29) is 24.6 Å². The van der Waals surface area contributed by atoms with E-state index < -0.39 is 5.97 Å². The van der Waals surface area contributed by atoms with Gasteiger partial charge in [0.05, 0.1) is 18.7 Å². The molecule has 0 saturated carbocycles. The van der Waals surface area contributed by atoms with Gasteiger partial charge in [-0.2, -0.15) is 0 Å². The highest BCUT2D eigenvalue weighted by Crippen LogP contribution is 2.20. The van der Waals surface area contributed by atoms with Crippen molar-refractivity contribution in [3.05, 3.63) is 34.9 Å². The van der Waals surface area contributed by atoms with Crippen LogP contribution in [0, 0.1) is 12.3 Å². The maximum absolute atomic E-state index is 11.6. The van der Waals surface area contributed by atoms with Gasteiger partial charge in [-0.15, -0.1) is 6.42 Å². The maximum atomic E-state index is 11.6. The third kappa shape index (κ3) is 3.37. The summed E-state index contributed by atoms with van der Waals surface area (Å²) in [5, 5.41) is 11.6. The highest BCUT2D eigenvalue weighted by molar-refractivity contribution is 5.88. The summed E-state index contributed by atoms with van der Waals surface area (Å²) in [7, 11) is 0. The molecule has 2 rings (SSSR count). The van der Waals surface area contributed by atoms with Crippen LogP contribution in [0.5, 0.6) is 0 Å². The van der Waals surface area contributed by atoms with Crippen LogP contribution in [0.2, 0.25) is 0 Å². The van der Waals surface area contributed by atoms with E-state index in [1.165, 1.54) is 0 Å². The predicted octanol–water partition coefficient (Wildman–Crippen LogP) is 0.492. The lowest BCUT2D eigenvalue weighted by Crippen LogP contribution is -2.40. The minimum absolute atomic E-state index is 0.110. The summed E-state index contributed by atoms with van der Waals surface area (Å²) in [5.41, 5.74) is 2.40. The molecule has 0 bridgehead atoms. The Kier molecular flexibility index (Phi) is 4.38. The number of carbonyl (C=O) groups is 2. The van der Waals surface area contributed by atoms with Crippen molar-refractivity contribution in [2.75, 3.05) is 19.6 Å². The maximum Gasteiger partial charge on any atom is 0.335 e. The summed E-state index contributed by atoms with van der Waals surface area (Å²) >= 11 is 0. The predicted molar refractivity (Wildman–Crippen MR) is 74.2 cm³/mol. The first-order chi connectivity index (χ1) is 9.60. The Morgan fingerprint density at radius 3 is 2.90 bits per heavy atom. The Labute approximate surface area is 117 Å². The van der Waals surface area contributed by atoms with Crippen molar-refractivity contribution in [2.24, 2.45) is 0 Å². The van der Waals surface area contributed by atoms with Crippen LogP contribution in [0.3, 0.4) is 0 Å². The summed E-state index contributed by atoms with van der Waals surface area (Å²) in [6.45, 7) is 1.87. The second kappa shape index (κ2) is 6.22. The number of carboxylic acids is 1. The molecule has 0 atom stereocenters. The van der Waals surface area contributed by atoms with E-state index in [4.69, 9.17) is 11.5 Å². The van der Waals surface area contributed by atoms with Gasteiger partial charge in [0.1, 0.15) is 0 Å². The SMILES string of the molecule is C#CCNC(=O)CN1CCc2ccc(C(=O)O)cc2C1. The van der Waals surface area contributed by atoms with E-state index in [0.717, 1.165) is 24.1 Å². The molecule has 1 aromatic carbocycles. The number of hydrogen-bond acceptors (Lipinski definition) is 3. The first-order valence-corrected chi connectivity index (χ1v) is 6.38. The number of aromatic carboxylic acids is 1. The van der Waals surface area contributed by atoms with Crippen LogP contribution in [-0.4, -0.2) is 41.5 Å². The van der Waals surface area contributed by atoms with E-state index in [2.05, 4.69) is 11.2 Å². The Bertz CT molecular complexity index is 575. The van der Waals surface area contributed by atoms with Crippen molar-refractivity contribution in [3.63, 3.8) is 0 Å². The van der Waals surface area contributed by atoms with E-state index in [9.17, 15) is 9.59 Å². The Morgan fingerprint density at radius 1 is 1.40 bits per heavy atom. The van der Waals surface area contributed by atoms with Gasteiger partial charge in [0.25, 0.3) is 0 Å². The van der Waals surface area contributed by atoms with Crippen molar-refractivity contribution < 1.29 is 14.7 Å². The molecule has 20 heavy (non-hydrogen) atoms. The molecule has 0 spiro atoms. The first-order valence-electron chi connectivity index (χ1n) is 6.38. The van der Waals surface area contributed by atoms with Gasteiger partial charge in [-0.25, -0.2) is 4.79 Å². The van der Waals surface area contributed by atoms with Gasteiger partial charge in [0, 0.05) is 13.1 Å². The van der Waals surface area contributed by atoms with E-state index >= 15 is 0 Å². The zero-order chi connectivity index (χ0) is 14.5. The molecule has 104 valence electrons. The number of amides is 1. The van der Waals surface area contributed by atoms with E-state index in [1.807, 2.05) is 11.0 Å². The minimum atomic E-state index is -0.934. The van der Waals surface area contributed by atoms with Gasteiger partial charge in [0.2, 0.25) is 5.91 Å². The number of terminal acetylenes is 1. The molecule has 5 nitrogen and oxygen atoms in total. The van der Waals surface area contributed by atoms with Gasteiger partial charge in [-0.05, 0) is 29.7 Å². The molecule has 1 aliphatic heterocycles. The van der Waals surface area contributed by atoms with Crippen LogP contribution in [-0.2, 0) is 17.8 Å². The van der Waals surface area contributed by atoms with E-state index in [0.29, 0.717) is 6.54 Å². The lowest BCUT2D eigenvalue weighted by atomic mass is 9.97. The lowest BCUT2D eigenvalue weighted by Gasteiger charge is -2.28. The first kappa shape index (κ1) is 14.1. The van der Waals surface area contributed by atoms with Crippen molar-refractivity contribution in [1.29, 1.82) is 0 Å². The fraction of sp³-hybridized carbons (Fsp3) is 0.333. The highest BCUT2D eigenvalue weighted by Gasteiger charge is 2.19. The average molecular weight is 272 g/mol. The van der Waals surface area contributed by atoms with Gasteiger partial charge in [-0.3, -0.25) is 9.69 Å². The normalized spacial score (nSPS) is 14.2. The Hall–Kier alpha value is -2.32. The van der Waals surface area contributed by atoms with Crippen molar-refractivity contribution >= 4 is 11.9 Å². The number of rotatable bonds is 4. The van der Waals surface area contributed by atoms with Crippen LogP contribution in [0.1, 0.15) is 21.5 Å². The number of nitrogens with zero attached hydrogens (tertiary/aromatic N) is 1. The molecule has 0 saturated heterocycles. The van der Waals surface area contributed by atoms with E-state index in [1.54, 1.807) is 12.1 Å². The average Bonchev–Trinajstić information content (AvgIpc) is 2.44. The van der Waals surface area contributed by atoms with Crippen molar-refractivity contribution in [1.82, 2.24) is 10.2 Å². The Morgan fingerprint density at radius 2 is 2.20 bits per heavy atom. The molecule has 1 amide bonds. The van der Waals surface area contributed by atoms with Gasteiger partial charge >= 0.3 is 5.97 Å². The molecular formula is C15H16N2O3. The molecule has 0 aliphatic carbocycles. The molecular weight excluding hydrogens is 256 g/mol. The van der Waals surface area contributed by atoms with Crippen molar-refractivity contribution in [2.45, 2.75) is 13.0 Å². The standard InChI is InChI=1S/C15H16N2O3/c1-2-6-16-14(18)10-17-7-5-11-3-4-12(15(19)20)8-13(11)9-17/h1,3-4,8H,5-7,9-10H2,(H,16,18)(H,19,20). The number of hydrogen-bond donors (Lipinski definition) is 2. The summed E-state index contributed by atoms with van der Waals surface area (Å²) in [5.74, 6) is 1.31. The fourth-order valence-electron chi connectivity index (χ4n) is 2.29. The smallest absolute Gasteiger partial charge is 0.335 e. The molecule has 1 heterocycles. The van der Waals surface area contributed by atoms with Gasteiger partial charge < -0.3 is 10.4 Å². The van der Waals surface area contributed by atoms with Crippen LogP contribution in [0.4, 0.5) is 0 Å². The molecule has 0 unspecified atom stereocenters. The molecule has 0 aromatic heterocycles. The van der Waals surface area contributed by atoms with Crippen LogP contribution < -0.4 is 5.32 Å². The second-order valence-electron chi connectivity index (χ2n) is 4.73. The third-order valence-corrected chi connectivity index (χ3v) is 3.30. The van der Waals surface area contributed by atoms with Gasteiger partial charge in [-0.1, -0.05) is 12.0 Å². The molecule has 0 fully saturated rings.